The van der Waals surface area contributed by atoms with Crippen LogP contribution in [0.4, 0.5) is 5.69 Å². The van der Waals surface area contributed by atoms with Gasteiger partial charge in [0.25, 0.3) is 0 Å². The van der Waals surface area contributed by atoms with Crippen LogP contribution in [0.1, 0.15) is 0 Å². The maximum Gasteiger partial charge on any atom is 0.173 e. The summed E-state index contributed by atoms with van der Waals surface area (Å²) in [4.78, 5) is 3.70. The molecule has 0 amide bonds. The molecule has 0 spiro atoms. The molecule has 1 aromatic carbocycles. The highest BCUT2D eigenvalue weighted by Crippen LogP contribution is 2.35. The van der Waals surface area contributed by atoms with E-state index in [1.165, 1.54) is 4.90 Å². The second-order valence-corrected chi connectivity index (χ2v) is 5.86. The van der Waals surface area contributed by atoms with Gasteiger partial charge in [0.15, 0.2) is 5.11 Å². The fourth-order valence-electron chi connectivity index (χ4n) is 2.24. The van der Waals surface area contributed by atoms with Gasteiger partial charge in [-0.05, 0) is 12.2 Å². The van der Waals surface area contributed by atoms with E-state index in [-0.39, 0.29) is 0 Å². The summed E-state index contributed by atoms with van der Waals surface area (Å²) >= 11 is 11.6. The number of ether oxygens (including phenoxy) is 2. The van der Waals surface area contributed by atoms with Crippen molar-refractivity contribution in [1.82, 2.24) is 4.90 Å². The molecule has 5 nitrogen and oxygen atoms in total. The van der Waals surface area contributed by atoms with Crippen LogP contribution in [0, 0.1) is 0 Å². The molecule has 0 bridgehead atoms. The molecule has 7 heteroatoms. The Morgan fingerprint density at radius 3 is 2.43 bits per heavy atom. The molecule has 0 saturated carbocycles. The van der Waals surface area contributed by atoms with Gasteiger partial charge in [-0.1, -0.05) is 11.6 Å². The van der Waals surface area contributed by atoms with Crippen molar-refractivity contribution in [3.05, 3.63) is 17.2 Å². The minimum Gasteiger partial charge on any atom is -0.495 e. The lowest BCUT2D eigenvalue weighted by atomic mass is 10.2. The third-order valence-electron chi connectivity index (χ3n) is 3.62. The third-order valence-corrected chi connectivity index (χ3v) is 4.28. The van der Waals surface area contributed by atoms with E-state index in [1.54, 1.807) is 26.4 Å². The molecule has 2 rings (SSSR count). The van der Waals surface area contributed by atoms with Crippen molar-refractivity contribution in [2.75, 3.05) is 52.8 Å². The average Bonchev–Trinajstić information content (AvgIpc) is 2.49. The second-order valence-electron chi connectivity index (χ2n) is 5.06. The Morgan fingerprint density at radius 1 is 1.24 bits per heavy atom. The molecule has 1 aliphatic rings. The maximum atomic E-state index is 6.10. The summed E-state index contributed by atoms with van der Waals surface area (Å²) in [5, 5.41) is 4.44. The lowest BCUT2D eigenvalue weighted by molar-refractivity contribution is -0.883. The number of nitrogens with zero attached hydrogens (tertiary/aromatic N) is 1. The minimum absolute atomic E-state index is 0.508. The van der Waals surface area contributed by atoms with E-state index in [1.807, 2.05) is 0 Å². The van der Waals surface area contributed by atoms with Crippen molar-refractivity contribution in [2.24, 2.45) is 0 Å². The smallest absolute Gasteiger partial charge is 0.173 e. The van der Waals surface area contributed by atoms with Gasteiger partial charge in [0.1, 0.15) is 11.5 Å². The van der Waals surface area contributed by atoms with Crippen molar-refractivity contribution in [1.29, 1.82) is 0 Å². The molecule has 21 heavy (non-hydrogen) atoms. The zero-order chi connectivity index (χ0) is 15.4. The standard InChI is InChI=1S/C14H20ClN3O2S/c1-17-4-6-18(7-5-17)14(21)16-11-9-12(19-2)10(15)8-13(11)20-3/h8-9H,4-7H2,1-3H3,(H,16,21)/p+1. The Kier molecular flexibility index (Phi) is 5.50. The number of hydrogen-bond donors (Lipinski definition) is 2. The number of piperazine rings is 1. The Hall–Kier alpha value is -1.24. The van der Waals surface area contributed by atoms with Crippen LogP contribution < -0.4 is 19.7 Å². The summed E-state index contributed by atoms with van der Waals surface area (Å²) in [6, 6.07) is 3.52. The van der Waals surface area contributed by atoms with E-state index in [2.05, 4.69) is 17.3 Å². The highest BCUT2D eigenvalue weighted by atomic mass is 35.5. The zero-order valence-corrected chi connectivity index (χ0v) is 14.1. The van der Waals surface area contributed by atoms with Gasteiger partial charge in [-0.2, -0.15) is 0 Å². The molecule has 0 atom stereocenters. The summed E-state index contributed by atoms with van der Waals surface area (Å²) in [5.41, 5.74) is 0.759. The van der Waals surface area contributed by atoms with Crippen LogP contribution in [0.3, 0.4) is 0 Å². The SMILES string of the molecule is COc1cc(NC(=S)N2CC[NH+](C)CC2)c(OC)cc1Cl. The number of quaternary nitrogens is 1. The summed E-state index contributed by atoms with van der Waals surface area (Å²) in [6.07, 6.45) is 0. The molecule has 116 valence electrons. The number of rotatable bonds is 3. The molecular weight excluding hydrogens is 310 g/mol. The van der Waals surface area contributed by atoms with Crippen LogP contribution >= 0.6 is 23.8 Å². The van der Waals surface area contributed by atoms with Crippen molar-refractivity contribution >= 4 is 34.6 Å². The van der Waals surface area contributed by atoms with Crippen LogP contribution in [0.2, 0.25) is 5.02 Å². The number of hydrogen-bond acceptors (Lipinski definition) is 3. The van der Waals surface area contributed by atoms with E-state index >= 15 is 0 Å². The predicted octanol–water partition coefficient (Wildman–Crippen LogP) is 0.884. The van der Waals surface area contributed by atoms with Crippen LogP contribution in [0.15, 0.2) is 12.1 Å². The van der Waals surface area contributed by atoms with Crippen molar-refractivity contribution in [3.63, 3.8) is 0 Å². The Balaban J connectivity index is 2.12. The Labute approximate surface area is 135 Å². The number of likely N-dealkylation sites (N-methyl/N-ethyl adjacent to an activating group) is 1. The number of benzene rings is 1. The third kappa shape index (κ3) is 3.90. The van der Waals surface area contributed by atoms with Crippen LogP contribution in [-0.4, -0.2) is 57.5 Å². The molecule has 0 aromatic heterocycles. The van der Waals surface area contributed by atoms with Crippen molar-refractivity contribution in [3.8, 4) is 11.5 Å². The average molecular weight is 331 g/mol. The minimum atomic E-state index is 0.508. The van der Waals surface area contributed by atoms with E-state index in [0.29, 0.717) is 21.6 Å². The second kappa shape index (κ2) is 7.15. The quantitative estimate of drug-likeness (QED) is 0.805. The van der Waals surface area contributed by atoms with Gasteiger partial charge < -0.3 is 24.6 Å². The molecule has 1 aromatic rings. The fraction of sp³-hybridized carbons (Fsp3) is 0.500. The van der Waals surface area contributed by atoms with Crippen LogP contribution in [-0.2, 0) is 0 Å². The molecular formula is C14H21ClN3O2S+. The molecule has 0 aliphatic carbocycles. The first-order valence-electron chi connectivity index (χ1n) is 6.84. The number of thiocarbonyl (C=S) groups is 1. The van der Waals surface area contributed by atoms with Gasteiger partial charge in [0.05, 0.1) is 58.2 Å². The lowest BCUT2D eigenvalue weighted by Gasteiger charge is -2.32. The number of anilines is 1. The van der Waals surface area contributed by atoms with E-state index in [0.717, 1.165) is 31.9 Å². The van der Waals surface area contributed by atoms with Crippen molar-refractivity contribution in [2.45, 2.75) is 0 Å². The number of nitrogens with one attached hydrogen (secondary N) is 2. The van der Waals surface area contributed by atoms with Gasteiger partial charge in [0.2, 0.25) is 0 Å². The highest BCUT2D eigenvalue weighted by molar-refractivity contribution is 7.80. The Morgan fingerprint density at radius 2 is 1.86 bits per heavy atom. The summed E-state index contributed by atoms with van der Waals surface area (Å²) in [7, 11) is 5.38. The topological polar surface area (TPSA) is 38.2 Å². The first kappa shape index (κ1) is 16.1. The normalized spacial score (nSPS) is 15.7. The first-order valence-corrected chi connectivity index (χ1v) is 7.62. The van der Waals surface area contributed by atoms with Gasteiger partial charge in [-0.25, -0.2) is 0 Å². The summed E-state index contributed by atoms with van der Waals surface area (Å²) in [5.74, 6) is 1.23. The zero-order valence-electron chi connectivity index (χ0n) is 12.5. The highest BCUT2D eigenvalue weighted by Gasteiger charge is 2.20. The van der Waals surface area contributed by atoms with Crippen molar-refractivity contribution < 1.29 is 14.4 Å². The molecule has 2 N–H and O–H groups in total. The monoisotopic (exact) mass is 330 g/mol. The molecule has 1 saturated heterocycles. The lowest BCUT2D eigenvalue weighted by Crippen LogP contribution is -3.12. The molecule has 1 fully saturated rings. The molecule has 0 unspecified atom stereocenters. The van der Waals surface area contributed by atoms with E-state index in [4.69, 9.17) is 33.3 Å². The molecule has 1 aliphatic heterocycles. The van der Waals surface area contributed by atoms with Gasteiger partial charge in [-0.15, -0.1) is 0 Å². The summed E-state index contributed by atoms with van der Waals surface area (Å²) in [6.45, 7) is 4.07. The van der Waals surface area contributed by atoms with E-state index < -0.39 is 0 Å². The van der Waals surface area contributed by atoms with Crippen LogP contribution in [0.5, 0.6) is 11.5 Å². The van der Waals surface area contributed by atoms with Gasteiger partial charge in [0, 0.05) is 12.1 Å². The maximum absolute atomic E-state index is 6.10. The van der Waals surface area contributed by atoms with Gasteiger partial charge in [-0.3, -0.25) is 0 Å². The Bertz CT molecular complexity index is 519. The first-order chi connectivity index (χ1) is 10.0. The molecule has 1 heterocycles. The van der Waals surface area contributed by atoms with Gasteiger partial charge >= 0.3 is 0 Å². The largest absolute Gasteiger partial charge is 0.495 e. The van der Waals surface area contributed by atoms with E-state index in [9.17, 15) is 0 Å². The summed E-state index contributed by atoms with van der Waals surface area (Å²) < 4.78 is 10.6. The number of halogens is 1. The number of methoxy groups -OCH3 is 2. The fourth-order valence-corrected chi connectivity index (χ4v) is 2.77. The van der Waals surface area contributed by atoms with Crippen LogP contribution in [0.25, 0.3) is 0 Å². The molecule has 0 radical (unpaired) electrons. The predicted molar refractivity (Wildman–Crippen MR) is 89.0 cm³/mol.